The number of aryl methyl sites for hydroxylation is 1. The largest absolute Gasteiger partial charge is 0.465 e. The van der Waals surface area contributed by atoms with Gasteiger partial charge in [-0.1, -0.05) is 0 Å². The van der Waals surface area contributed by atoms with Crippen molar-refractivity contribution in [3.8, 4) is 5.88 Å². The summed E-state index contributed by atoms with van der Waals surface area (Å²) in [5, 5.41) is 2.89. The fraction of sp³-hybridized carbons (Fsp3) is 0.600. The quantitative estimate of drug-likeness (QED) is 0.890. The van der Waals surface area contributed by atoms with E-state index in [-0.39, 0.29) is 5.88 Å². The van der Waals surface area contributed by atoms with Crippen LogP contribution in [0.2, 0.25) is 0 Å². The van der Waals surface area contributed by atoms with Gasteiger partial charge in [0.15, 0.2) is 6.10 Å². The third kappa shape index (κ3) is 4.08. The van der Waals surface area contributed by atoms with Crippen molar-refractivity contribution < 1.29 is 17.9 Å². The van der Waals surface area contributed by atoms with Crippen LogP contribution in [0.5, 0.6) is 5.88 Å². The normalized spacial score (nSPS) is 13.3. The molecule has 1 rings (SSSR count). The van der Waals surface area contributed by atoms with E-state index in [1.165, 1.54) is 6.07 Å². The van der Waals surface area contributed by atoms with Crippen molar-refractivity contribution in [2.45, 2.75) is 33.1 Å². The molecule has 1 atom stereocenters. The van der Waals surface area contributed by atoms with E-state index in [0.29, 0.717) is 18.2 Å². The number of anilines is 1. The molecular formula is C10H14F3N3O. The second-order valence-corrected chi connectivity index (χ2v) is 3.47. The molecule has 1 heterocycles. The molecule has 1 aromatic heterocycles. The molecule has 0 amide bonds. The van der Waals surface area contributed by atoms with Crippen molar-refractivity contribution in [1.29, 1.82) is 0 Å². The van der Waals surface area contributed by atoms with Gasteiger partial charge in [0, 0.05) is 12.6 Å². The molecular weight excluding hydrogens is 235 g/mol. The summed E-state index contributed by atoms with van der Waals surface area (Å²) < 4.78 is 41.6. The second-order valence-electron chi connectivity index (χ2n) is 3.47. The Labute approximate surface area is 97.2 Å². The van der Waals surface area contributed by atoms with Gasteiger partial charge in [-0.15, -0.1) is 0 Å². The minimum atomic E-state index is -4.41. The number of rotatable bonds is 4. The minimum Gasteiger partial charge on any atom is -0.465 e. The number of halogens is 3. The van der Waals surface area contributed by atoms with E-state index in [9.17, 15) is 13.2 Å². The number of alkyl halides is 3. The number of ether oxygens (including phenoxy) is 1. The van der Waals surface area contributed by atoms with Gasteiger partial charge in [-0.2, -0.15) is 18.2 Å². The first kappa shape index (κ1) is 13.5. The molecule has 0 spiro atoms. The molecule has 4 nitrogen and oxygen atoms in total. The molecule has 0 fully saturated rings. The lowest BCUT2D eigenvalue weighted by Gasteiger charge is -2.17. The zero-order valence-electron chi connectivity index (χ0n) is 9.80. The fourth-order valence-corrected chi connectivity index (χ4v) is 1.12. The van der Waals surface area contributed by atoms with Crippen molar-refractivity contribution in [1.82, 2.24) is 9.97 Å². The molecule has 0 bridgehead atoms. The van der Waals surface area contributed by atoms with Crippen LogP contribution in [0.15, 0.2) is 6.07 Å². The van der Waals surface area contributed by atoms with Gasteiger partial charge in [0.1, 0.15) is 11.6 Å². The van der Waals surface area contributed by atoms with E-state index in [1.807, 2.05) is 6.92 Å². The predicted octanol–water partition coefficient (Wildman–Crippen LogP) is 2.55. The highest BCUT2D eigenvalue weighted by molar-refractivity contribution is 5.38. The van der Waals surface area contributed by atoms with Crippen LogP contribution in [0.1, 0.15) is 19.7 Å². The molecule has 7 heteroatoms. The van der Waals surface area contributed by atoms with Gasteiger partial charge in [-0.05, 0) is 20.8 Å². The maximum Gasteiger partial charge on any atom is 0.425 e. The molecule has 0 saturated carbocycles. The standard InChI is InChI=1S/C10H14F3N3O/c1-4-14-8-5-9(16-7(3)15-8)17-6(2)10(11,12)13/h5-6H,4H2,1-3H3,(H,14,15,16). The van der Waals surface area contributed by atoms with Gasteiger partial charge in [-0.25, -0.2) is 4.98 Å². The van der Waals surface area contributed by atoms with Gasteiger partial charge in [0.05, 0.1) is 0 Å². The Morgan fingerprint density at radius 1 is 1.41 bits per heavy atom. The number of hydrogen-bond acceptors (Lipinski definition) is 4. The zero-order chi connectivity index (χ0) is 13.1. The van der Waals surface area contributed by atoms with Crippen LogP contribution >= 0.6 is 0 Å². The van der Waals surface area contributed by atoms with Crippen molar-refractivity contribution >= 4 is 5.82 Å². The molecule has 1 N–H and O–H groups in total. The molecule has 0 saturated heterocycles. The van der Waals surface area contributed by atoms with Gasteiger partial charge in [-0.3, -0.25) is 0 Å². The van der Waals surface area contributed by atoms with Crippen molar-refractivity contribution in [3.63, 3.8) is 0 Å². The predicted molar refractivity (Wildman–Crippen MR) is 57.1 cm³/mol. The molecule has 0 aliphatic rings. The summed E-state index contributed by atoms with van der Waals surface area (Å²) in [6.45, 7) is 5.00. The van der Waals surface area contributed by atoms with Crippen LogP contribution in [0, 0.1) is 6.92 Å². The summed E-state index contributed by atoms with van der Waals surface area (Å²) >= 11 is 0. The topological polar surface area (TPSA) is 47.0 Å². The molecule has 1 aromatic rings. The lowest BCUT2D eigenvalue weighted by atomic mass is 10.4. The van der Waals surface area contributed by atoms with E-state index >= 15 is 0 Å². The third-order valence-electron chi connectivity index (χ3n) is 1.93. The van der Waals surface area contributed by atoms with Crippen LogP contribution in [-0.2, 0) is 0 Å². The number of nitrogens with one attached hydrogen (secondary N) is 1. The van der Waals surface area contributed by atoms with Crippen LogP contribution in [0.3, 0.4) is 0 Å². The molecule has 0 aromatic carbocycles. The lowest BCUT2D eigenvalue weighted by Crippen LogP contribution is -2.31. The van der Waals surface area contributed by atoms with Crippen molar-refractivity contribution in [2.75, 3.05) is 11.9 Å². The van der Waals surface area contributed by atoms with Gasteiger partial charge in [0.25, 0.3) is 0 Å². The van der Waals surface area contributed by atoms with Crippen molar-refractivity contribution in [3.05, 3.63) is 11.9 Å². The van der Waals surface area contributed by atoms with Gasteiger partial charge < -0.3 is 10.1 Å². The summed E-state index contributed by atoms with van der Waals surface area (Å²) in [7, 11) is 0. The highest BCUT2D eigenvalue weighted by Gasteiger charge is 2.38. The van der Waals surface area contributed by atoms with Gasteiger partial charge in [0.2, 0.25) is 5.88 Å². The number of hydrogen-bond donors (Lipinski definition) is 1. The summed E-state index contributed by atoms with van der Waals surface area (Å²) in [5.41, 5.74) is 0. The average Bonchev–Trinajstić information content (AvgIpc) is 2.15. The highest BCUT2D eigenvalue weighted by Crippen LogP contribution is 2.24. The van der Waals surface area contributed by atoms with E-state index in [0.717, 1.165) is 6.92 Å². The molecule has 1 unspecified atom stereocenters. The maximum atomic E-state index is 12.3. The lowest BCUT2D eigenvalue weighted by molar-refractivity contribution is -0.190. The first-order valence-electron chi connectivity index (χ1n) is 5.16. The van der Waals surface area contributed by atoms with E-state index in [2.05, 4.69) is 15.3 Å². The Morgan fingerprint density at radius 2 is 2.06 bits per heavy atom. The number of aromatic nitrogens is 2. The Bertz CT molecular complexity index is 382. The van der Waals surface area contributed by atoms with Gasteiger partial charge >= 0.3 is 6.18 Å². The first-order valence-corrected chi connectivity index (χ1v) is 5.16. The summed E-state index contributed by atoms with van der Waals surface area (Å²) in [6, 6.07) is 1.35. The SMILES string of the molecule is CCNc1cc(OC(C)C(F)(F)F)nc(C)n1. The van der Waals surface area contributed by atoms with Crippen LogP contribution in [-0.4, -0.2) is 28.8 Å². The average molecular weight is 249 g/mol. The van der Waals surface area contributed by atoms with E-state index in [1.54, 1.807) is 6.92 Å². The Morgan fingerprint density at radius 3 is 2.59 bits per heavy atom. The monoisotopic (exact) mass is 249 g/mol. The first-order chi connectivity index (χ1) is 7.82. The Hall–Kier alpha value is -1.53. The molecule has 0 radical (unpaired) electrons. The van der Waals surface area contributed by atoms with Crippen molar-refractivity contribution in [2.24, 2.45) is 0 Å². The highest BCUT2D eigenvalue weighted by atomic mass is 19.4. The van der Waals surface area contributed by atoms with Crippen LogP contribution < -0.4 is 10.1 Å². The second kappa shape index (κ2) is 5.20. The summed E-state index contributed by atoms with van der Waals surface area (Å²) in [6.07, 6.45) is -6.30. The molecule has 96 valence electrons. The van der Waals surface area contributed by atoms with Crippen LogP contribution in [0.4, 0.5) is 19.0 Å². The maximum absolute atomic E-state index is 12.3. The van der Waals surface area contributed by atoms with E-state index in [4.69, 9.17) is 4.74 Å². The molecule has 17 heavy (non-hydrogen) atoms. The zero-order valence-corrected chi connectivity index (χ0v) is 9.80. The molecule has 0 aliphatic heterocycles. The van der Waals surface area contributed by atoms with Crippen LogP contribution in [0.25, 0.3) is 0 Å². The summed E-state index contributed by atoms with van der Waals surface area (Å²) in [5.74, 6) is 0.718. The van der Waals surface area contributed by atoms with E-state index < -0.39 is 12.3 Å². The smallest absolute Gasteiger partial charge is 0.425 e. The minimum absolute atomic E-state index is 0.0849. The summed E-state index contributed by atoms with van der Waals surface area (Å²) in [4.78, 5) is 7.81. The molecule has 0 aliphatic carbocycles. The third-order valence-corrected chi connectivity index (χ3v) is 1.93. The number of nitrogens with zero attached hydrogens (tertiary/aromatic N) is 2. The fourth-order valence-electron chi connectivity index (χ4n) is 1.12. The Kier molecular flexibility index (Phi) is 4.14. The Balaban J connectivity index is 2.84.